The summed E-state index contributed by atoms with van der Waals surface area (Å²) in [6, 6.07) is 0. The average molecular weight is 200 g/mol. The molecule has 1 heterocycles. The van der Waals surface area contributed by atoms with Gasteiger partial charge < -0.3 is 5.11 Å². The molecule has 1 fully saturated rings. The van der Waals surface area contributed by atoms with Crippen LogP contribution in [-0.4, -0.2) is 46.3 Å². The number of hydrazine groups is 1. The van der Waals surface area contributed by atoms with Crippen LogP contribution in [0.3, 0.4) is 0 Å². The summed E-state index contributed by atoms with van der Waals surface area (Å²) in [7, 11) is 0. The van der Waals surface area contributed by atoms with E-state index in [2.05, 4.69) is 0 Å². The van der Waals surface area contributed by atoms with Crippen molar-refractivity contribution in [2.45, 2.75) is 39.2 Å². The van der Waals surface area contributed by atoms with E-state index in [-0.39, 0.29) is 18.1 Å². The second kappa shape index (κ2) is 4.28. The highest BCUT2D eigenvalue weighted by molar-refractivity contribution is 5.78. The Morgan fingerprint density at radius 2 is 2.07 bits per heavy atom. The van der Waals surface area contributed by atoms with Gasteiger partial charge in [0.15, 0.2) is 0 Å². The third-order valence-electron chi connectivity index (χ3n) is 2.31. The van der Waals surface area contributed by atoms with Crippen molar-refractivity contribution < 1.29 is 9.90 Å². The molecule has 0 spiro atoms. The van der Waals surface area contributed by atoms with Crippen molar-refractivity contribution in [1.82, 2.24) is 10.0 Å². The van der Waals surface area contributed by atoms with Gasteiger partial charge in [-0.25, -0.2) is 5.01 Å². The number of aliphatic hydroxyl groups excluding tert-OH is 1. The van der Waals surface area contributed by atoms with E-state index < -0.39 is 0 Å². The van der Waals surface area contributed by atoms with E-state index >= 15 is 0 Å². The minimum Gasteiger partial charge on any atom is -0.396 e. The smallest absolute Gasteiger partial charge is 0.238 e. The van der Waals surface area contributed by atoms with Gasteiger partial charge in [-0.15, -0.1) is 0 Å². The third kappa shape index (κ3) is 2.45. The van der Waals surface area contributed by atoms with E-state index in [9.17, 15) is 4.79 Å². The van der Waals surface area contributed by atoms with E-state index in [1.54, 1.807) is 0 Å². The summed E-state index contributed by atoms with van der Waals surface area (Å²) in [4.78, 5) is 11.6. The number of carbonyl (C=O) groups excluding carboxylic acids is 1. The molecule has 0 aromatic rings. The van der Waals surface area contributed by atoms with Crippen LogP contribution in [0.4, 0.5) is 0 Å². The first-order valence-electron chi connectivity index (χ1n) is 5.15. The van der Waals surface area contributed by atoms with Crippen molar-refractivity contribution in [3.05, 3.63) is 0 Å². The lowest BCUT2D eigenvalue weighted by molar-refractivity contribution is -0.148. The summed E-state index contributed by atoms with van der Waals surface area (Å²) in [5, 5.41) is 12.6. The van der Waals surface area contributed by atoms with Gasteiger partial charge in [0.2, 0.25) is 5.91 Å². The Morgan fingerprint density at radius 3 is 2.57 bits per heavy atom. The van der Waals surface area contributed by atoms with Crippen LogP contribution in [0.15, 0.2) is 0 Å². The van der Waals surface area contributed by atoms with Gasteiger partial charge >= 0.3 is 0 Å². The highest BCUT2D eigenvalue weighted by atomic mass is 16.3. The van der Waals surface area contributed by atoms with Gasteiger partial charge in [-0.05, 0) is 27.2 Å². The predicted octanol–water partition coefficient (Wildman–Crippen LogP) is 0.617. The lowest BCUT2D eigenvalue weighted by atomic mass is 10.1. The molecule has 1 aliphatic rings. The molecule has 0 atom stereocenters. The van der Waals surface area contributed by atoms with Crippen molar-refractivity contribution >= 4 is 5.91 Å². The molecule has 1 saturated heterocycles. The van der Waals surface area contributed by atoms with Crippen LogP contribution >= 0.6 is 0 Å². The number of hydrogen-bond acceptors (Lipinski definition) is 3. The second-order valence-electron chi connectivity index (χ2n) is 4.66. The lowest BCUT2D eigenvalue weighted by Gasteiger charge is -2.38. The van der Waals surface area contributed by atoms with E-state index in [0.29, 0.717) is 6.42 Å². The molecule has 0 radical (unpaired) electrons. The Hall–Kier alpha value is -0.610. The molecule has 0 bridgehead atoms. The molecule has 0 unspecified atom stereocenters. The molecule has 1 rings (SSSR count). The molecular weight excluding hydrogens is 180 g/mol. The zero-order chi connectivity index (χ0) is 10.8. The van der Waals surface area contributed by atoms with Gasteiger partial charge in [-0.2, -0.15) is 0 Å². The van der Waals surface area contributed by atoms with Crippen LogP contribution in [0.5, 0.6) is 0 Å². The Kier molecular flexibility index (Phi) is 3.50. The molecule has 4 heteroatoms. The summed E-state index contributed by atoms with van der Waals surface area (Å²) in [5.41, 5.74) is -0.150. The normalized spacial score (nSPS) is 19.4. The maximum Gasteiger partial charge on any atom is 0.238 e. The molecule has 0 aliphatic carbocycles. The van der Waals surface area contributed by atoms with Crippen LogP contribution in [0.25, 0.3) is 0 Å². The number of aliphatic hydroxyl groups is 1. The number of amides is 1. The number of carbonyl (C=O) groups is 1. The molecule has 1 N–H and O–H groups in total. The minimum absolute atomic E-state index is 0.150. The van der Waals surface area contributed by atoms with Crippen molar-refractivity contribution in [1.29, 1.82) is 0 Å². The summed E-state index contributed by atoms with van der Waals surface area (Å²) < 4.78 is 0. The Bertz CT molecular complexity index is 211. The van der Waals surface area contributed by atoms with Gasteiger partial charge in [-0.1, -0.05) is 0 Å². The van der Waals surface area contributed by atoms with Crippen LogP contribution in [0, 0.1) is 0 Å². The van der Waals surface area contributed by atoms with Crippen molar-refractivity contribution in [3.63, 3.8) is 0 Å². The molecule has 0 saturated carbocycles. The fraction of sp³-hybridized carbons (Fsp3) is 0.900. The van der Waals surface area contributed by atoms with Gasteiger partial charge in [0.25, 0.3) is 0 Å². The molecule has 1 amide bonds. The van der Waals surface area contributed by atoms with E-state index in [0.717, 1.165) is 19.5 Å². The molecule has 0 aromatic heterocycles. The molecule has 14 heavy (non-hydrogen) atoms. The van der Waals surface area contributed by atoms with Crippen LogP contribution in [-0.2, 0) is 4.79 Å². The van der Waals surface area contributed by atoms with Gasteiger partial charge in [-0.3, -0.25) is 9.80 Å². The first-order chi connectivity index (χ1) is 6.46. The highest BCUT2D eigenvalue weighted by Gasteiger charge is 2.36. The Balaban J connectivity index is 2.62. The quantitative estimate of drug-likeness (QED) is 0.726. The maximum absolute atomic E-state index is 11.6. The highest BCUT2D eigenvalue weighted by Crippen LogP contribution is 2.23. The molecule has 1 aliphatic heterocycles. The van der Waals surface area contributed by atoms with Crippen molar-refractivity contribution in [2.24, 2.45) is 0 Å². The molecule has 4 nitrogen and oxygen atoms in total. The molecule has 82 valence electrons. The monoisotopic (exact) mass is 200 g/mol. The Morgan fingerprint density at radius 1 is 1.43 bits per heavy atom. The van der Waals surface area contributed by atoms with Crippen molar-refractivity contribution in [3.8, 4) is 0 Å². The van der Waals surface area contributed by atoms with Crippen molar-refractivity contribution in [2.75, 3.05) is 19.7 Å². The van der Waals surface area contributed by atoms with E-state index in [1.165, 1.54) is 0 Å². The summed E-state index contributed by atoms with van der Waals surface area (Å²) >= 11 is 0. The first kappa shape index (κ1) is 11.5. The fourth-order valence-corrected chi connectivity index (χ4v) is 1.85. The van der Waals surface area contributed by atoms with Crippen LogP contribution in [0.1, 0.15) is 33.6 Å². The zero-order valence-electron chi connectivity index (χ0n) is 9.29. The third-order valence-corrected chi connectivity index (χ3v) is 2.31. The van der Waals surface area contributed by atoms with Gasteiger partial charge in [0, 0.05) is 26.1 Å². The topological polar surface area (TPSA) is 43.8 Å². The average Bonchev–Trinajstić information content (AvgIpc) is 2.42. The van der Waals surface area contributed by atoms with E-state index in [1.807, 2.05) is 30.8 Å². The van der Waals surface area contributed by atoms with Gasteiger partial charge in [0.05, 0.1) is 5.54 Å². The van der Waals surface area contributed by atoms with Crippen LogP contribution < -0.4 is 0 Å². The first-order valence-corrected chi connectivity index (χ1v) is 5.15. The van der Waals surface area contributed by atoms with E-state index in [4.69, 9.17) is 5.11 Å². The summed E-state index contributed by atoms with van der Waals surface area (Å²) in [6.07, 6.45) is 1.32. The van der Waals surface area contributed by atoms with Gasteiger partial charge in [0.1, 0.15) is 0 Å². The minimum atomic E-state index is -0.150. The number of rotatable bonds is 3. The number of nitrogens with zero attached hydrogens (tertiary/aromatic N) is 2. The predicted molar refractivity (Wildman–Crippen MR) is 54.5 cm³/mol. The summed E-state index contributed by atoms with van der Waals surface area (Å²) in [6.45, 7) is 7.82. The zero-order valence-corrected chi connectivity index (χ0v) is 9.29. The molecule has 0 aromatic carbocycles. The standard InChI is InChI=1S/C10H20N2O2/c1-10(2,3)12-9(14)5-7-11(12)6-4-8-13/h13H,4-8H2,1-3H3. The Labute approximate surface area is 85.5 Å². The fourth-order valence-electron chi connectivity index (χ4n) is 1.85. The van der Waals surface area contributed by atoms with Crippen LogP contribution in [0.2, 0.25) is 0 Å². The SMILES string of the molecule is CC(C)(C)N1C(=O)CCN1CCCO. The lowest BCUT2D eigenvalue weighted by Crippen LogP contribution is -2.51. The molecular formula is C10H20N2O2. The second-order valence-corrected chi connectivity index (χ2v) is 4.66. The largest absolute Gasteiger partial charge is 0.396 e. The number of hydrogen-bond donors (Lipinski definition) is 1. The maximum atomic E-state index is 11.6. The summed E-state index contributed by atoms with van der Waals surface area (Å²) in [5.74, 6) is 0.190.